The van der Waals surface area contributed by atoms with Gasteiger partial charge in [0.05, 0.1) is 0 Å². The van der Waals surface area contributed by atoms with Gasteiger partial charge >= 0.3 is 11.8 Å². The first-order chi connectivity index (χ1) is 11.1. The zero-order valence-corrected chi connectivity index (χ0v) is 15.0. The maximum absolute atomic E-state index is 12.1. The third kappa shape index (κ3) is 4.25. The van der Waals surface area contributed by atoms with Crippen LogP contribution in [0.4, 0.5) is 4.79 Å². The Balaban J connectivity index is 1.94. The van der Waals surface area contributed by atoms with E-state index in [1.54, 1.807) is 18.1 Å². The fraction of sp³-hybridized carbons (Fsp3) is 0.688. The molecule has 2 heterocycles. The molecule has 8 heteroatoms. The van der Waals surface area contributed by atoms with Gasteiger partial charge in [-0.2, -0.15) is 0 Å². The first-order valence-corrected chi connectivity index (χ1v) is 8.05. The molecule has 1 aliphatic heterocycles. The Morgan fingerprint density at radius 3 is 2.62 bits per heavy atom. The minimum Gasteiger partial charge on any atom is -0.444 e. The van der Waals surface area contributed by atoms with Crippen LogP contribution < -0.4 is 16.6 Å². The number of aryl methyl sites for hydroxylation is 1. The van der Waals surface area contributed by atoms with Gasteiger partial charge < -0.3 is 19.5 Å². The van der Waals surface area contributed by atoms with Crippen molar-refractivity contribution in [1.29, 1.82) is 0 Å². The largest absolute Gasteiger partial charge is 0.444 e. The number of nitrogens with one attached hydrogen (secondary N) is 1. The van der Waals surface area contributed by atoms with E-state index < -0.39 is 5.60 Å². The first kappa shape index (κ1) is 18.3. The molecule has 0 aliphatic carbocycles. The summed E-state index contributed by atoms with van der Waals surface area (Å²) in [5.41, 5.74) is -0.632. The molecule has 0 aromatic carbocycles. The Morgan fingerprint density at radius 2 is 2.00 bits per heavy atom. The maximum Gasteiger partial charge on any atom is 0.410 e. The van der Waals surface area contributed by atoms with Crippen molar-refractivity contribution in [2.45, 2.75) is 45.4 Å². The molecule has 0 spiro atoms. The van der Waals surface area contributed by atoms with Gasteiger partial charge in [0.25, 0.3) is 5.56 Å². The Bertz CT molecular complexity index is 729. The van der Waals surface area contributed by atoms with Crippen molar-refractivity contribution in [2.75, 3.05) is 13.1 Å². The molecule has 1 aliphatic rings. The minimum atomic E-state index is -0.510. The highest BCUT2D eigenvalue weighted by molar-refractivity contribution is 5.68. The molecule has 0 radical (unpaired) electrons. The van der Waals surface area contributed by atoms with E-state index in [0.717, 1.165) is 11.0 Å². The lowest BCUT2D eigenvalue weighted by Gasteiger charge is -2.24. The second-order valence-electron chi connectivity index (χ2n) is 7.20. The van der Waals surface area contributed by atoms with Gasteiger partial charge in [0.15, 0.2) is 0 Å². The third-order valence-corrected chi connectivity index (χ3v) is 3.94. The molecule has 1 amide bonds. The Hall–Kier alpha value is -2.09. The first-order valence-electron chi connectivity index (χ1n) is 8.05. The number of carbonyl (C=O) groups is 1. The maximum atomic E-state index is 12.1. The standard InChI is InChI=1S/C16H26N4O4/c1-16(2,3)24-15(23)20-7-6-12(10-20)17-8-11-9-18(4)14(22)19(5)13(11)21/h9,12,17H,6-8,10H2,1-5H3/t12-/m0/s1. The number of aromatic nitrogens is 2. The lowest BCUT2D eigenvalue weighted by Crippen LogP contribution is -2.41. The van der Waals surface area contributed by atoms with Crippen molar-refractivity contribution >= 4 is 6.09 Å². The lowest BCUT2D eigenvalue weighted by atomic mass is 10.2. The van der Waals surface area contributed by atoms with Crippen molar-refractivity contribution < 1.29 is 9.53 Å². The third-order valence-electron chi connectivity index (χ3n) is 3.94. The number of hydrogen-bond acceptors (Lipinski definition) is 5. The van der Waals surface area contributed by atoms with Crippen LogP contribution in [0.25, 0.3) is 0 Å². The van der Waals surface area contributed by atoms with Crippen molar-refractivity contribution in [1.82, 2.24) is 19.4 Å². The molecule has 24 heavy (non-hydrogen) atoms. The molecule has 0 bridgehead atoms. The zero-order valence-electron chi connectivity index (χ0n) is 15.0. The molecule has 0 saturated carbocycles. The molecule has 8 nitrogen and oxygen atoms in total. The number of ether oxygens (including phenoxy) is 1. The number of nitrogens with zero attached hydrogens (tertiary/aromatic N) is 3. The molecule has 1 saturated heterocycles. The number of carbonyl (C=O) groups excluding carboxylic acids is 1. The van der Waals surface area contributed by atoms with E-state index in [1.165, 1.54) is 11.6 Å². The van der Waals surface area contributed by atoms with Crippen LogP contribution in [-0.2, 0) is 25.4 Å². The van der Waals surface area contributed by atoms with Crippen LogP contribution in [0.15, 0.2) is 15.8 Å². The van der Waals surface area contributed by atoms with E-state index in [1.807, 2.05) is 20.8 Å². The topological polar surface area (TPSA) is 85.6 Å². The minimum absolute atomic E-state index is 0.0967. The van der Waals surface area contributed by atoms with Gasteiger partial charge in [0.1, 0.15) is 5.60 Å². The highest BCUT2D eigenvalue weighted by atomic mass is 16.6. The summed E-state index contributed by atoms with van der Waals surface area (Å²) in [4.78, 5) is 37.5. The smallest absolute Gasteiger partial charge is 0.410 e. The van der Waals surface area contributed by atoms with Crippen molar-refractivity contribution in [3.05, 3.63) is 32.6 Å². The molecule has 1 N–H and O–H groups in total. The summed E-state index contributed by atoms with van der Waals surface area (Å²) in [6.07, 6.45) is 2.04. The van der Waals surface area contributed by atoms with Crippen LogP contribution in [0.1, 0.15) is 32.8 Å². The number of rotatable bonds is 3. The van der Waals surface area contributed by atoms with Crippen LogP contribution in [0, 0.1) is 0 Å². The van der Waals surface area contributed by atoms with Gasteiger partial charge in [-0.3, -0.25) is 9.36 Å². The Morgan fingerprint density at radius 1 is 1.33 bits per heavy atom. The second-order valence-corrected chi connectivity index (χ2v) is 7.20. The molecule has 0 unspecified atom stereocenters. The van der Waals surface area contributed by atoms with Crippen LogP contribution >= 0.6 is 0 Å². The van der Waals surface area contributed by atoms with E-state index >= 15 is 0 Å². The SMILES string of the molecule is Cn1cc(CN[C@H]2CCN(C(=O)OC(C)(C)C)C2)c(=O)n(C)c1=O. The predicted molar refractivity (Wildman–Crippen MR) is 90.0 cm³/mol. The molecule has 1 atom stereocenters. The molecule has 1 fully saturated rings. The molecule has 1 aromatic rings. The van der Waals surface area contributed by atoms with E-state index in [0.29, 0.717) is 25.2 Å². The van der Waals surface area contributed by atoms with Crippen LogP contribution in [0.3, 0.4) is 0 Å². The zero-order chi connectivity index (χ0) is 18.1. The van der Waals surface area contributed by atoms with Crippen molar-refractivity contribution in [2.24, 2.45) is 14.1 Å². The van der Waals surface area contributed by atoms with Gasteiger partial charge in [-0.05, 0) is 27.2 Å². The Labute approximate surface area is 141 Å². The van der Waals surface area contributed by atoms with E-state index in [9.17, 15) is 14.4 Å². The molecule has 134 valence electrons. The number of hydrogen-bond donors (Lipinski definition) is 1. The lowest BCUT2D eigenvalue weighted by molar-refractivity contribution is 0.0291. The van der Waals surface area contributed by atoms with Crippen molar-refractivity contribution in [3.63, 3.8) is 0 Å². The number of amides is 1. The average Bonchev–Trinajstić information content (AvgIpc) is 2.95. The number of likely N-dealkylation sites (tertiary alicyclic amines) is 1. The van der Waals surface area contributed by atoms with Crippen LogP contribution in [-0.4, -0.2) is 44.9 Å². The van der Waals surface area contributed by atoms with Gasteiger partial charge in [0.2, 0.25) is 0 Å². The van der Waals surface area contributed by atoms with Crippen LogP contribution in [0.2, 0.25) is 0 Å². The Kier molecular flexibility index (Phi) is 5.17. The van der Waals surface area contributed by atoms with E-state index in [4.69, 9.17) is 4.74 Å². The summed E-state index contributed by atoms with van der Waals surface area (Å²) in [5.74, 6) is 0. The van der Waals surface area contributed by atoms with E-state index in [2.05, 4.69) is 5.32 Å². The van der Waals surface area contributed by atoms with E-state index in [-0.39, 0.29) is 23.4 Å². The second kappa shape index (κ2) is 6.80. The monoisotopic (exact) mass is 338 g/mol. The van der Waals surface area contributed by atoms with Gasteiger partial charge in [-0.15, -0.1) is 0 Å². The summed E-state index contributed by atoms with van der Waals surface area (Å²) in [6.45, 7) is 7.04. The predicted octanol–water partition coefficient (Wildman–Crippen LogP) is 0.183. The van der Waals surface area contributed by atoms with Crippen molar-refractivity contribution in [3.8, 4) is 0 Å². The van der Waals surface area contributed by atoms with Gasteiger partial charge in [-0.25, -0.2) is 9.59 Å². The normalized spacial score (nSPS) is 18.0. The highest BCUT2D eigenvalue weighted by Gasteiger charge is 2.29. The molecule has 1 aromatic heterocycles. The fourth-order valence-electron chi connectivity index (χ4n) is 2.68. The highest BCUT2D eigenvalue weighted by Crippen LogP contribution is 2.15. The average molecular weight is 338 g/mol. The summed E-state index contributed by atoms with van der Waals surface area (Å²) < 4.78 is 7.85. The quantitative estimate of drug-likeness (QED) is 0.850. The molecule has 2 rings (SSSR count). The summed E-state index contributed by atoms with van der Waals surface area (Å²) in [7, 11) is 3.08. The van der Waals surface area contributed by atoms with Gasteiger partial charge in [-0.1, -0.05) is 0 Å². The molecular weight excluding hydrogens is 312 g/mol. The van der Waals surface area contributed by atoms with Gasteiger partial charge in [0, 0.05) is 51.5 Å². The summed E-state index contributed by atoms with van der Waals surface area (Å²) >= 11 is 0. The fourth-order valence-corrected chi connectivity index (χ4v) is 2.68. The summed E-state index contributed by atoms with van der Waals surface area (Å²) in [6, 6.07) is 0.0967. The molecular formula is C16H26N4O4. The summed E-state index contributed by atoms with van der Waals surface area (Å²) in [5, 5.41) is 3.28. The van der Waals surface area contributed by atoms with Crippen LogP contribution in [0.5, 0.6) is 0 Å².